The molecule has 0 spiro atoms. The molecule has 1 saturated heterocycles. The Bertz CT molecular complexity index is 881. The van der Waals surface area contributed by atoms with Gasteiger partial charge in [-0.25, -0.2) is 9.97 Å². The second-order valence-corrected chi connectivity index (χ2v) is 7.17. The van der Waals surface area contributed by atoms with Gasteiger partial charge < -0.3 is 24.0 Å². The molecule has 2 aliphatic rings. The molecule has 0 aliphatic carbocycles. The number of benzene rings is 1. The van der Waals surface area contributed by atoms with Crippen molar-refractivity contribution in [3.05, 3.63) is 41.2 Å². The molecule has 29 heavy (non-hydrogen) atoms. The fraction of sp³-hybridized carbons (Fsp3) is 0.476. The predicted molar refractivity (Wildman–Crippen MR) is 107 cm³/mol. The lowest BCUT2D eigenvalue weighted by atomic mass is 10.1. The van der Waals surface area contributed by atoms with Crippen LogP contribution in [0.1, 0.15) is 16.8 Å². The summed E-state index contributed by atoms with van der Waals surface area (Å²) in [5.41, 5.74) is 2.98. The van der Waals surface area contributed by atoms with Crippen molar-refractivity contribution in [2.45, 2.75) is 19.4 Å². The van der Waals surface area contributed by atoms with E-state index in [4.69, 9.17) is 19.2 Å². The molecule has 154 valence electrons. The van der Waals surface area contributed by atoms with E-state index in [1.165, 1.54) is 0 Å². The Labute approximate surface area is 170 Å². The minimum absolute atomic E-state index is 0.0831. The molecule has 1 aromatic heterocycles. The van der Waals surface area contributed by atoms with Crippen LogP contribution in [0.4, 0.5) is 5.95 Å². The van der Waals surface area contributed by atoms with Crippen LogP contribution in [0.25, 0.3) is 0 Å². The van der Waals surface area contributed by atoms with Gasteiger partial charge in [0.15, 0.2) is 0 Å². The molecule has 0 atom stereocenters. The lowest BCUT2D eigenvalue weighted by Crippen LogP contribution is -2.49. The number of methoxy groups -OCH3 is 2. The van der Waals surface area contributed by atoms with E-state index >= 15 is 0 Å². The Hall–Kier alpha value is -2.87. The maximum Gasteiger partial charge on any atom is 0.227 e. The number of carbonyl (C=O) groups is 1. The standard InChI is InChI=1S/C21H26N4O4/c1-27-17-3-4-19(28-2)15(11-17)12-20(26)24-6-8-25(9-7-24)21-22-13-16-14-29-10-5-18(16)23-21/h3-4,11,13H,5-10,12,14H2,1-2H3. The lowest BCUT2D eigenvalue weighted by molar-refractivity contribution is -0.130. The minimum Gasteiger partial charge on any atom is -0.497 e. The summed E-state index contributed by atoms with van der Waals surface area (Å²) in [5.74, 6) is 2.24. The van der Waals surface area contributed by atoms with E-state index in [9.17, 15) is 4.79 Å². The van der Waals surface area contributed by atoms with E-state index in [0.717, 1.165) is 42.3 Å². The molecule has 0 saturated carbocycles. The smallest absolute Gasteiger partial charge is 0.227 e. The van der Waals surface area contributed by atoms with Crippen LogP contribution in [0.5, 0.6) is 11.5 Å². The zero-order valence-electron chi connectivity index (χ0n) is 16.9. The first-order chi connectivity index (χ1) is 14.2. The summed E-state index contributed by atoms with van der Waals surface area (Å²) >= 11 is 0. The monoisotopic (exact) mass is 398 g/mol. The van der Waals surface area contributed by atoms with Crippen molar-refractivity contribution in [1.29, 1.82) is 0 Å². The summed E-state index contributed by atoms with van der Waals surface area (Å²) in [6, 6.07) is 5.52. The van der Waals surface area contributed by atoms with Gasteiger partial charge in [0, 0.05) is 49.9 Å². The Morgan fingerprint density at radius 1 is 1.17 bits per heavy atom. The van der Waals surface area contributed by atoms with E-state index in [-0.39, 0.29) is 12.3 Å². The first-order valence-electron chi connectivity index (χ1n) is 9.84. The van der Waals surface area contributed by atoms with Crippen LogP contribution in [0.15, 0.2) is 24.4 Å². The molecule has 3 heterocycles. The van der Waals surface area contributed by atoms with Crippen molar-refractivity contribution < 1.29 is 19.0 Å². The van der Waals surface area contributed by atoms with Gasteiger partial charge in [-0.05, 0) is 18.2 Å². The molecule has 1 fully saturated rings. The summed E-state index contributed by atoms with van der Waals surface area (Å²) in [4.78, 5) is 26.1. The van der Waals surface area contributed by atoms with Crippen molar-refractivity contribution >= 4 is 11.9 Å². The highest BCUT2D eigenvalue weighted by Gasteiger charge is 2.24. The largest absolute Gasteiger partial charge is 0.497 e. The predicted octanol–water partition coefficient (Wildman–Crippen LogP) is 1.46. The average Bonchev–Trinajstić information content (AvgIpc) is 2.78. The Kier molecular flexibility index (Phi) is 5.80. The molecule has 0 bridgehead atoms. The zero-order chi connectivity index (χ0) is 20.2. The average molecular weight is 398 g/mol. The third kappa shape index (κ3) is 4.27. The molecule has 4 rings (SSSR count). The van der Waals surface area contributed by atoms with Crippen molar-refractivity contribution in [3.8, 4) is 11.5 Å². The van der Waals surface area contributed by atoms with Gasteiger partial charge in [0.05, 0.1) is 39.5 Å². The van der Waals surface area contributed by atoms with Gasteiger partial charge in [0.2, 0.25) is 11.9 Å². The maximum atomic E-state index is 12.8. The number of rotatable bonds is 5. The molecular formula is C21H26N4O4. The number of anilines is 1. The minimum atomic E-state index is 0.0831. The molecule has 2 aliphatic heterocycles. The molecule has 0 N–H and O–H groups in total. The number of amides is 1. The first kappa shape index (κ1) is 19.4. The summed E-state index contributed by atoms with van der Waals surface area (Å²) in [6.07, 6.45) is 2.98. The van der Waals surface area contributed by atoms with Crippen LogP contribution in [0, 0.1) is 0 Å². The third-order valence-corrected chi connectivity index (χ3v) is 5.43. The highest BCUT2D eigenvalue weighted by atomic mass is 16.5. The van der Waals surface area contributed by atoms with Crippen molar-refractivity contribution in [2.75, 3.05) is 51.9 Å². The third-order valence-electron chi connectivity index (χ3n) is 5.43. The number of hydrogen-bond donors (Lipinski definition) is 0. The molecule has 8 heteroatoms. The van der Waals surface area contributed by atoms with Crippen LogP contribution in [0.3, 0.4) is 0 Å². The van der Waals surface area contributed by atoms with E-state index in [0.29, 0.717) is 37.8 Å². The first-order valence-corrected chi connectivity index (χ1v) is 9.84. The fourth-order valence-electron chi connectivity index (χ4n) is 3.72. The summed E-state index contributed by atoms with van der Waals surface area (Å²) in [6.45, 7) is 4.03. The van der Waals surface area contributed by atoms with Crippen LogP contribution < -0.4 is 14.4 Å². The molecule has 0 radical (unpaired) electrons. The van der Waals surface area contributed by atoms with Gasteiger partial charge in [-0.15, -0.1) is 0 Å². The quantitative estimate of drug-likeness (QED) is 0.755. The molecule has 0 unspecified atom stereocenters. The molecule has 8 nitrogen and oxygen atoms in total. The molecule has 1 aromatic carbocycles. The Balaban J connectivity index is 1.38. The summed E-state index contributed by atoms with van der Waals surface area (Å²) < 4.78 is 16.1. The van der Waals surface area contributed by atoms with Crippen molar-refractivity contribution in [1.82, 2.24) is 14.9 Å². The van der Waals surface area contributed by atoms with E-state index < -0.39 is 0 Å². The van der Waals surface area contributed by atoms with E-state index in [1.54, 1.807) is 14.2 Å². The fourth-order valence-corrected chi connectivity index (χ4v) is 3.72. The van der Waals surface area contributed by atoms with Crippen LogP contribution >= 0.6 is 0 Å². The second kappa shape index (κ2) is 8.65. The van der Waals surface area contributed by atoms with Crippen LogP contribution in [-0.2, 0) is 29.0 Å². The number of piperazine rings is 1. The van der Waals surface area contributed by atoms with Crippen molar-refractivity contribution in [3.63, 3.8) is 0 Å². The number of aromatic nitrogens is 2. The van der Waals surface area contributed by atoms with Gasteiger partial charge in [-0.1, -0.05) is 0 Å². The maximum absolute atomic E-state index is 12.8. The Morgan fingerprint density at radius 3 is 2.76 bits per heavy atom. The highest BCUT2D eigenvalue weighted by Crippen LogP contribution is 2.25. The number of fused-ring (bicyclic) bond motifs is 1. The number of nitrogens with zero attached hydrogens (tertiary/aromatic N) is 4. The summed E-state index contributed by atoms with van der Waals surface area (Å²) in [5, 5.41) is 0. The van der Waals surface area contributed by atoms with Gasteiger partial charge >= 0.3 is 0 Å². The number of hydrogen-bond acceptors (Lipinski definition) is 7. The van der Waals surface area contributed by atoms with Gasteiger partial charge in [-0.3, -0.25) is 4.79 Å². The van der Waals surface area contributed by atoms with Crippen LogP contribution in [0.2, 0.25) is 0 Å². The van der Waals surface area contributed by atoms with Crippen molar-refractivity contribution in [2.24, 2.45) is 0 Å². The zero-order valence-corrected chi connectivity index (χ0v) is 16.9. The molecule has 2 aromatic rings. The number of ether oxygens (including phenoxy) is 3. The summed E-state index contributed by atoms with van der Waals surface area (Å²) in [7, 11) is 3.22. The van der Waals surface area contributed by atoms with Gasteiger partial charge in [0.25, 0.3) is 0 Å². The van der Waals surface area contributed by atoms with Gasteiger partial charge in [0.1, 0.15) is 11.5 Å². The highest BCUT2D eigenvalue weighted by molar-refractivity contribution is 5.80. The van der Waals surface area contributed by atoms with Crippen LogP contribution in [-0.4, -0.2) is 67.8 Å². The SMILES string of the molecule is COc1ccc(OC)c(CC(=O)N2CCN(c3ncc4c(n3)CCOC4)CC2)c1. The molecule has 1 amide bonds. The van der Waals surface area contributed by atoms with E-state index in [1.807, 2.05) is 29.3 Å². The Morgan fingerprint density at radius 2 is 2.00 bits per heavy atom. The number of carbonyl (C=O) groups excluding carboxylic acids is 1. The van der Waals surface area contributed by atoms with E-state index in [2.05, 4.69) is 9.88 Å². The van der Waals surface area contributed by atoms with Gasteiger partial charge in [-0.2, -0.15) is 0 Å². The lowest BCUT2D eigenvalue weighted by Gasteiger charge is -2.35. The molecular weight excluding hydrogens is 372 g/mol. The second-order valence-electron chi connectivity index (χ2n) is 7.17. The normalized spacial score (nSPS) is 16.3. The topological polar surface area (TPSA) is 77.0 Å².